The molecule has 7 nitrogen and oxygen atoms in total. The number of hydrogen-bond donors (Lipinski definition) is 2. The molecule has 1 aliphatic rings. The third kappa shape index (κ3) is 8.58. The molecular formula is C29H43N3O4. The van der Waals surface area contributed by atoms with Gasteiger partial charge in [0, 0.05) is 18.2 Å². The van der Waals surface area contributed by atoms with E-state index in [1.54, 1.807) is 37.8 Å². The van der Waals surface area contributed by atoms with Gasteiger partial charge in [0.05, 0.1) is 0 Å². The average molecular weight is 498 g/mol. The summed E-state index contributed by atoms with van der Waals surface area (Å²) in [6.07, 6.45) is 7.90. The van der Waals surface area contributed by atoms with E-state index in [1.165, 1.54) is 0 Å². The van der Waals surface area contributed by atoms with E-state index in [-0.39, 0.29) is 29.7 Å². The molecule has 7 heteroatoms. The Kier molecular flexibility index (Phi) is 10.4. The molecule has 0 spiro atoms. The summed E-state index contributed by atoms with van der Waals surface area (Å²) in [6.45, 7) is 14.0. The summed E-state index contributed by atoms with van der Waals surface area (Å²) < 4.78 is 5.44. The highest BCUT2D eigenvalue weighted by molar-refractivity contribution is 5.92. The van der Waals surface area contributed by atoms with E-state index in [0.29, 0.717) is 24.1 Å². The van der Waals surface area contributed by atoms with Crippen LogP contribution < -0.4 is 10.6 Å². The number of carbonyl (C=O) groups is 3. The zero-order valence-electron chi connectivity index (χ0n) is 22.9. The van der Waals surface area contributed by atoms with Crippen LogP contribution in [0.25, 0.3) is 0 Å². The molecule has 2 N–H and O–H groups in total. The molecule has 3 amide bonds. The van der Waals surface area contributed by atoms with Crippen LogP contribution >= 0.6 is 0 Å². The molecule has 1 aromatic rings. The number of hydrogen-bond acceptors (Lipinski definition) is 4. The molecule has 4 unspecified atom stereocenters. The van der Waals surface area contributed by atoms with E-state index in [0.717, 1.165) is 19.3 Å². The van der Waals surface area contributed by atoms with Gasteiger partial charge in [-0.3, -0.25) is 9.59 Å². The van der Waals surface area contributed by atoms with Crippen molar-refractivity contribution in [3.63, 3.8) is 0 Å². The molecule has 0 aliphatic heterocycles. The molecule has 0 saturated heterocycles. The van der Waals surface area contributed by atoms with Crippen molar-refractivity contribution in [2.45, 2.75) is 97.9 Å². The lowest BCUT2D eigenvalue weighted by Gasteiger charge is -2.35. The van der Waals surface area contributed by atoms with E-state index in [9.17, 15) is 14.4 Å². The fraction of sp³-hybridized carbons (Fsp3) is 0.621. The second-order valence-corrected chi connectivity index (χ2v) is 11.2. The predicted molar refractivity (Wildman–Crippen MR) is 142 cm³/mol. The number of carbonyl (C=O) groups excluding carboxylic acids is 3. The SMILES string of the molecule is C#Cc1ccc(C(C(=O)NCCCC)N(C(=O)C(CC(C)C)NC(=O)OC(C)(C)C)C2CC2C)cc1. The Hall–Kier alpha value is -3.01. The molecule has 1 aromatic carbocycles. The van der Waals surface area contributed by atoms with Gasteiger partial charge in [0.25, 0.3) is 0 Å². The molecule has 36 heavy (non-hydrogen) atoms. The Morgan fingerprint density at radius 2 is 1.81 bits per heavy atom. The number of terminal acetylenes is 1. The van der Waals surface area contributed by atoms with E-state index in [1.807, 2.05) is 26.0 Å². The van der Waals surface area contributed by atoms with Gasteiger partial charge in [-0.25, -0.2) is 4.79 Å². The summed E-state index contributed by atoms with van der Waals surface area (Å²) in [5.74, 6) is 2.48. The van der Waals surface area contributed by atoms with Crippen LogP contribution in [0.2, 0.25) is 0 Å². The first kappa shape index (κ1) is 29.2. The van der Waals surface area contributed by atoms with E-state index < -0.39 is 23.8 Å². The minimum Gasteiger partial charge on any atom is -0.444 e. The molecule has 0 bridgehead atoms. The van der Waals surface area contributed by atoms with Crippen molar-refractivity contribution in [3.8, 4) is 12.3 Å². The van der Waals surface area contributed by atoms with Gasteiger partial charge in [0.1, 0.15) is 17.7 Å². The second kappa shape index (κ2) is 12.8. The maximum Gasteiger partial charge on any atom is 0.408 e. The molecule has 0 radical (unpaired) electrons. The number of rotatable bonds is 11. The summed E-state index contributed by atoms with van der Waals surface area (Å²) >= 11 is 0. The number of amides is 3. The fourth-order valence-corrected chi connectivity index (χ4v) is 4.18. The Morgan fingerprint density at radius 1 is 1.19 bits per heavy atom. The van der Waals surface area contributed by atoms with Gasteiger partial charge >= 0.3 is 6.09 Å². The molecule has 2 rings (SSSR count). The van der Waals surface area contributed by atoms with E-state index in [4.69, 9.17) is 11.2 Å². The van der Waals surface area contributed by atoms with Gasteiger partial charge in [0.15, 0.2) is 0 Å². The summed E-state index contributed by atoms with van der Waals surface area (Å²) in [6, 6.07) is 5.45. The number of nitrogens with zero attached hydrogens (tertiary/aromatic N) is 1. The highest BCUT2D eigenvalue weighted by Gasteiger charge is 2.48. The first-order valence-electron chi connectivity index (χ1n) is 13.0. The smallest absolute Gasteiger partial charge is 0.408 e. The third-order valence-electron chi connectivity index (χ3n) is 6.12. The third-order valence-corrected chi connectivity index (χ3v) is 6.12. The van der Waals surface area contributed by atoms with Gasteiger partial charge in [-0.2, -0.15) is 0 Å². The molecule has 1 fully saturated rings. The van der Waals surface area contributed by atoms with Crippen LogP contribution in [-0.2, 0) is 14.3 Å². The van der Waals surface area contributed by atoms with Crippen LogP contribution in [0.15, 0.2) is 24.3 Å². The van der Waals surface area contributed by atoms with Crippen LogP contribution in [0.1, 0.15) is 91.3 Å². The number of nitrogens with one attached hydrogen (secondary N) is 2. The van der Waals surface area contributed by atoms with E-state index in [2.05, 4.69) is 30.4 Å². The minimum absolute atomic E-state index is 0.0955. The Balaban J connectivity index is 2.46. The van der Waals surface area contributed by atoms with Crippen molar-refractivity contribution >= 4 is 17.9 Å². The molecule has 1 saturated carbocycles. The van der Waals surface area contributed by atoms with Gasteiger partial charge in [0.2, 0.25) is 11.8 Å². The predicted octanol–water partition coefficient (Wildman–Crippen LogP) is 4.80. The number of alkyl carbamates (subject to hydrolysis) is 1. The first-order chi connectivity index (χ1) is 16.9. The zero-order chi connectivity index (χ0) is 27.0. The van der Waals surface area contributed by atoms with Crippen molar-refractivity contribution in [2.75, 3.05) is 6.54 Å². The highest BCUT2D eigenvalue weighted by atomic mass is 16.6. The summed E-state index contributed by atoms with van der Waals surface area (Å²) in [7, 11) is 0. The molecule has 0 heterocycles. The first-order valence-corrected chi connectivity index (χ1v) is 13.0. The van der Waals surface area contributed by atoms with Gasteiger partial charge in [-0.05, 0) is 69.6 Å². The van der Waals surface area contributed by atoms with Crippen LogP contribution in [-0.4, -0.2) is 47.0 Å². The zero-order valence-corrected chi connectivity index (χ0v) is 22.9. The lowest BCUT2D eigenvalue weighted by atomic mass is 9.98. The summed E-state index contributed by atoms with van der Waals surface area (Å²) in [5.41, 5.74) is 0.697. The van der Waals surface area contributed by atoms with Gasteiger partial charge in [-0.15, -0.1) is 6.42 Å². The largest absolute Gasteiger partial charge is 0.444 e. The molecule has 198 valence electrons. The lowest BCUT2D eigenvalue weighted by molar-refractivity contribution is -0.143. The van der Waals surface area contributed by atoms with Crippen molar-refractivity contribution in [3.05, 3.63) is 35.4 Å². The molecule has 4 atom stereocenters. The average Bonchev–Trinajstić information content (AvgIpc) is 3.50. The van der Waals surface area contributed by atoms with Crippen molar-refractivity contribution in [1.82, 2.24) is 15.5 Å². The number of unbranched alkanes of at least 4 members (excludes halogenated alkanes) is 1. The lowest BCUT2D eigenvalue weighted by Crippen LogP contribution is -2.54. The standard InChI is InChI=1S/C29H43N3O4/c1-9-11-16-30-26(33)25(22-14-12-21(10-2)13-15-22)32(24-18-20(24)5)27(34)23(17-19(3)4)31-28(35)36-29(6,7)8/h2,12-15,19-20,23-25H,9,11,16-18H2,1,3-8H3,(H,30,33)(H,31,35). The maximum absolute atomic E-state index is 14.1. The topological polar surface area (TPSA) is 87.7 Å². The fourth-order valence-electron chi connectivity index (χ4n) is 4.18. The van der Waals surface area contributed by atoms with Crippen molar-refractivity contribution < 1.29 is 19.1 Å². The summed E-state index contributed by atoms with van der Waals surface area (Å²) in [4.78, 5) is 42.0. The highest BCUT2D eigenvalue weighted by Crippen LogP contribution is 2.41. The number of benzene rings is 1. The molecule has 0 aromatic heterocycles. The Labute approximate surface area is 216 Å². The van der Waals surface area contributed by atoms with Crippen LogP contribution in [0.4, 0.5) is 4.79 Å². The monoisotopic (exact) mass is 497 g/mol. The number of ether oxygens (including phenoxy) is 1. The Morgan fingerprint density at radius 3 is 2.28 bits per heavy atom. The van der Waals surface area contributed by atoms with Gasteiger partial charge in [-0.1, -0.05) is 52.2 Å². The second-order valence-electron chi connectivity index (χ2n) is 11.2. The van der Waals surface area contributed by atoms with Crippen LogP contribution in [0.3, 0.4) is 0 Å². The normalized spacial score (nSPS) is 18.5. The van der Waals surface area contributed by atoms with Gasteiger partial charge < -0.3 is 20.3 Å². The maximum atomic E-state index is 14.1. The van der Waals surface area contributed by atoms with Crippen molar-refractivity contribution in [2.24, 2.45) is 11.8 Å². The Bertz CT molecular complexity index is 943. The quantitative estimate of drug-likeness (QED) is 0.340. The molecule has 1 aliphatic carbocycles. The van der Waals surface area contributed by atoms with Crippen LogP contribution in [0, 0.1) is 24.2 Å². The van der Waals surface area contributed by atoms with E-state index >= 15 is 0 Å². The minimum atomic E-state index is -0.828. The summed E-state index contributed by atoms with van der Waals surface area (Å²) in [5, 5.41) is 5.80. The van der Waals surface area contributed by atoms with Crippen molar-refractivity contribution in [1.29, 1.82) is 0 Å². The molecular weight excluding hydrogens is 454 g/mol. The van der Waals surface area contributed by atoms with Crippen LogP contribution in [0.5, 0.6) is 0 Å².